The molecule has 35 heavy (non-hydrogen) atoms. The molecule has 2 aromatic carbocycles. The summed E-state index contributed by atoms with van der Waals surface area (Å²) in [6, 6.07) is 7.24. The van der Waals surface area contributed by atoms with Crippen LogP contribution in [0.25, 0.3) is 0 Å². The van der Waals surface area contributed by atoms with Crippen LogP contribution in [0.2, 0.25) is 0 Å². The lowest BCUT2D eigenvalue weighted by Gasteiger charge is -2.37. The average Bonchev–Trinajstić information content (AvgIpc) is 2.89. The van der Waals surface area contributed by atoms with E-state index in [0.717, 1.165) is 0 Å². The number of methoxy groups -OCH3 is 2. The minimum atomic E-state index is -1.56. The Morgan fingerprint density at radius 3 is 2.29 bits per heavy atom. The van der Waals surface area contributed by atoms with Crippen LogP contribution < -0.4 is 14.8 Å². The van der Waals surface area contributed by atoms with Crippen molar-refractivity contribution < 1.29 is 37.0 Å². The molecule has 1 aliphatic carbocycles. The molecule has 9 heteroatoms. The number of nitrogens with one attached hydrogen (secondary N) is 1. The van der Waals surface area contributed by atoms with Gasteiger partial charge in [0.2, 0.25) is 5.82 Å². The van der Waals surface area contributed by atoms with Gasteiger partial charge in [0.1, 0.15) is 12.4 Å². The zero-order chi connectivity index (χ0) is 25.6. The summed E-state index contributed by atoms with van der Waals surface area (Å²) in [4.78, 5) is 24.6. The summed E-state index contributed by atoms with van der Waals surface area (Å²) in [6.45, 7) is 1.95. The van der Waals surface area contributed by atoms with Crippen LogP contribution in [0.1, 0.15) is 54.9 Å². The summed E-state index contributed by atoms with van der Waals surface area (Å²) in [5.41, 5.74) is -0.654. The van der Waals surface area contributed by atoms with E-state index in [1.54, 1.807) is 24.3 Å². The molecular weight excluding hydrogens is 463 g/mol. The summed E-state index contributed by atoms with van der Waals surface area (Å²) in [5.74, 6) is -5.58. The van der Waals surface area contributed by atoms with Crippen molar-refractivity contribution >= 4 is 11.9 Å². The zero-order valence-corrected chi connectivity index (χ0v) is 20.1. The van der Waals surface area contributed by atoms with E-state index in [1.165, 1.54) is 14.2 Å². The van der Waals surface area contributed by atoms with Crippen molar-refractivity contribution in [2.45, 2.75) is 45.6 Å². The second kappa shape index (κ2) is 11.5. The molecule has 1 amide bonds. The van der Waals surface area contributed by atoms with Gasteiger partial charge in [0.15, 0.2) is 17.4 Å². The Morgan fingerprint density at radius 1 is 1.06 bits per heavy atom. The molecule has 6 nitrogen and oxygen atoms in total. The monoisotopic (exact) mass is 493 g/mol. The van der Waals surface area contributed by atoms with E-state index >= 15 is 0 Å². The van der Waals surface area contributed by atoms with Gasteiger partial charge in [-0.3, -0.25) is 9.59 Å². The van der Waals surface area contributed by atoms with Crippen LogP contribution in [-0.4, -0.2) is 32.6 Å². The lowest BCUT2D eigenvalue weighted by Crippen LogP contribution is -2.39. The summed E-state index contributed by atoms with van der Waals surface area (Å²) in [7, 11) is 2.88. The number of carbonyl (C=O) groups excluding carboxylic acids is 2. The van der Waals surface area contributed by atoms with Crippen molar-refractivity contribution in [2.75, 3.05) is 20.8 Å². The Bertz CT molecular complexity index is 1050. The highest BCUT2D eigenvalue weighted by molar-refractivity contribution is 5.94. The van der Waals surface area contributed by atoms with E-state index in [-0.39, 0.29) is 25.0 Å². The maximum Gasteiger partial charge on any atom is 0.311 e. The molecule has 0 saturated heterocycles. The summed E-state index contributed by atoms with van der Waals surface area (Å²) in [6.07, 6.45) is 3.25. The first-order chi connectivity index (χ1) is 16.7. The number of esters is 1. The van der Waals surface area contributed by atoms with E-state index in [1.807, 2.05) is 6.92 Å². The minimum absolute atomic E-state index is 0.0631. The topological polar surface area (TPSA) is 73.9 Å². The van der Waals surface area contributed by atoms with Gasteiger partial charge in [-0.2, -0.15) is 4.39 Å². The molecule has 3 rings (SSSR count). The van der Waals surface area contributed by atoms with Gasteiger partial charge in [-0.15, -0.1) is 0 Å². The summed E-state index contributed by atoms with van der Waals surface area (Å²) in [5, 5.41) is 2.56. The third kappa shape index (κ3) is 5.89. The van der Waals surface area contributed by atoms with E-state index < -0.39 is 40.1 Å². The number of hydrogen-bond acceptors (Lipinski definition) is 5. The second-order valence-corrected chi connectivity index (χ2v) is 8.78. The molecule has 0 aromatic heterocycles. The van der Waals surface area contributed by atoms with Gasteiger partial charge in [-0.25, -0.2) is 8.78 Å². The molecule has 0 atom stereocenters. The van der Waals surface area contributed by atoms with Gasteiger partial charge in [0.05, 0.1) is 25.2 Å². The first-order valence-corrected chi connectivity index (χ1v) is 11.5. The van der Waals surface area contributed by atoms with Crippen LogP contribution in [0.4, 0.5) is 13.2 Å². The smallest absolute Gasteiger partial charge is 0.311 e. The lowest BCUT2D eigenvalue weighted by atomic mass is 9.69. The molecule has 0 radical (unpaired) electrons. The Balaban J connectivity index is 1.60. The highest BCUT2D eigenvalue weighted by Gasteiger charge is 2.41. The largest absolute Gasteiger partial charge is 0.497 e. The van der Waals surface area contributed by atoms with Gasteiger partial charge in [0.25, 0.3) is 5.91 Å². The Morgan fingerprint density at radius 2 is 1.71 bits per heavy atom. The van der Waals surface area contributed by atoms with E-state index in [2.05, 4.69) is 5.32 Å². The highest BCUT2D eigenvalue weighted by atomic mass is 19.2. The van der Waals surface area contributed by atoms with Crippen LogP contribution in [-0.2, 0) is 16.1 Å². The normalized spacial score (nSPS) is 19.7. The molecule has 0 spiro atoms. The molecule has 0 aliphatic heterocycles. The Hall–Kier alpha value is -3.23. The molecule has 0 bridgehead atoms. The zero-order valence-electron chi connectivity index (χ0n) is 20.1. The number of ether oxygens (including phenoxy) is 3. The molecule has 0 unspecified atom stereocenters. The fraction of sp³-hybridized carbons (Fsp3) is 0.462. The van der Waals surface area contributed by atoms with Crippen molar-refractivity contribution in [1.29, 1.82) is 0 Å². The molecule has 0 heterocycles. The van der Waals surface area contributed by atoms with Crippen molar-refractivity contribution in [1.82, 2.24) is 5.32 Å². The third-order valence-corrected chi connectivity index (χ3v) is 6.81. The van der Waals surface area contributed by atoms with E-state index in [0.29, 0.717) is 49.5 Å². The fourth-order valence-electron chi connectivity index (χ4n) is 4.44. The average molecular weight is 494 g/mol. The van der Waals surface area contributed by atoms with Gasteiger partial charge in [-0.1, -0.05) is 19.1 Å². The predicted octanol–water partition coefficient (Wildman–Crippen LogP) is 5.18. The molecule has 1 fully saturated rings. The van der Waals surface area contributed by atoms with Gasteiger partial charge in [-0.05, 0) is 61.8 Å². The number of hydrogen-bond donors (Lipinski definition) is 1. The lowest BCUT2D eigenvalue weighted by molar-refractivity contribution is -0.155. The van der Waals surface area contributed by atoms with Gasteiger partial charge in [0, 0.05) is 6.54 Å². The van der Waals surface area contributed by atoms with Crippen molar-refractivity contribution in [3.63, 3.8) is 0 Å². The number of halogens is 3. The molecular formula is C26H30F3NO5. The van der Waals surface area contributed by atoms with Crippen molar-refractivity contribution in [3.05, 3.63) is 58.9 Å². The number of carbonyl (C=O) groups is 2. The van der Waals surface area contributed by atoms with Crippen LogP contribution in [0.3, 0.4) is 0 Å². The predicted molar refractivity (Wildman–Crippen MR) is 123 cm³/mol. The van der Waals surface area contributed by atoms with E-state index in [4.69, 9.17) is 14.2 Å². The van der Waals surface area contributed by atoms with Crippen LogP contribution in [0.15, 0.2) is 30.3 Å². The first kappa shape index (κ1) is 26.4. The second-order valence-electron chi connectivity index (χ2n) is 8.78. The molecule has 1 N–H and O–H groups in total. The Kier molecular flexibility index (Phi) is 8.64. The summed E-state index contributed by atoms with van der Waals surface area (Å²) >= 11 is 0. The summed E-state index contributed by atoms with van der Waals surface area (Å²) < 4.78 is 58.8. The maximum atomic E-state index is 14.6. The van der Waals surface area contributed by atoms with Gasteiger partial charge < -0.3 is 19.5 Å². The van der Waals surface area contributed by atoms with Crippen LogP contribution in [0.5, 0.6) is 11.5 Å². The number of benzene rings is 2. The van der Waals surface area contributed by atoms with Crippen molar-refractivity contribution in [2.24, 2.45) is 11.3 Å². The first-order valence-electron chi connectivity index (χ1n) is 11.5. The van der Waals surface area contributed by atoms with Crippen LogP contribution >= 0.6 is 0 Å². The van der Waals surface area contributed by atoms with E-state index in [9.17, 15) is 22.8 Å². The third-order valence-electron chi connectivity index (χ3n) is 6.81. The Labute approximate surface area is 202 Å². The number of rotatable bonds is 9. The molecule has 2 aromatic rings. The van der Waals surface area contributed by atoms with Crippen LogP contribution in [0, 0.1) is 28.8 Å². The molecule has 1 aliphatic rings. The standard InChI is InChI=1S/C26H30F3NO5/c1-4-26(25(32)34-3)11-9-16(10-12-26)14-30-24(31)19-13-20(27)23(22(29)21(19)28)35-15-17-5-7-18(33-2)8-6-17/h5-8,13,16H,4,9-12,14-15H2,1-3H3,(H,30,31). The molecule has 190 valence electrons. The minimum Gasteiger partial charge on any atom is -0.497 e. The highest BCUT2D eigenvalue weighted by Crippen LogP contribution is 2.42. The fourth-order valence-corrected chi connectivity index (χ4v) is 4.44. The van der Waals surface area contributed by atoms with Gasteiger partial charge >= 0.3 is 5.97 Å². The maximum absolute atomic E-state index is 14.6. The number of amides is 1. The quantitative estimate of drug-likeness (QED) is 0.385. The SMILES string of the molecule is CCC1(C(=O)OC)CCC(CNC(=O)c2cc(F)c(OCc3ccc(OC)cc3)c(F)c2F)CC1. The van der Waals surface area contributed by atoms with Crippen molar-refractivity contribution in [3.8, 4) is 11.5 Å². The molecule has 1 saturated carbocycles.